The minimum atomic E-state index is -0.420. The van der Waals surface area contributed by atoms with Crippen molar-refractivity contribution in [1.29, 1.82) is 5.26 Å². The Morgan fingerprint density at radius 2 is 2.23 bits per heavy atom. The number of hydrogen-bond acceptors (Lipinski definition) is 4. The van der Waals surface area contributed by atoms with Gasteiger partial charge in [-0.15, -0.1) is 0 Å². The zero-order chi connectivity index (χ0) is 18.1. The zero-order valence-electron chi connectivity index (χ0n) is 14.3. The van der Waals surface area contributed by atoms with E-state index in [0.29, 0.717) is 23.0 Å². The molecule has 7 heteroatoms. The number of nitriles is 1. The Hall–Kier alpha value is -3.40. The molecule has 0 saturated heterocycles. The molecular weight excluding hydrogens is 328 g/mol. The first-order valence-corrected chi connectivity index (χ1v) is 8.56. The van der Waals surface area contributed by atoms with E-state index in [-0.39, 0.29) is 5.91 Å². The molecule has 2 N–H and O–H groups in total. The highest BCUT2D eigenvalue weighted by Crippen LogP contribution is 2.39. The van der Waals surface area contributed by atoms with Crippen LogP contribution in [0.4, 0.5) is 5.82 Å². The lowest BCUT2D eigenvalue weighted by atomic mass is 10.1. The fraction of sp³-hybridized carbons (Fsp3) is 0.263. The third-order valence-corrected chi connectivity index (χ3v) is 4.55. The number of carbonyl (C=O) groups is 1. The number of rotatable bonds is 5. The highest BCUT2D eigenvalue weighted by atomic mass is 16.2. The van der Waals surface area contributed by atoms with E-state index in [0.717, 1.165) is 11.4 Å². The van der Waals surface area contributed by atoms with Crippen LogP contribution in [0.1, 0.15) is 48.6 Å². The minimum Gasteiger partial charge on any atom is -0.309 e. The van der Waals surface area contributed by atoms with E-state index >= 15 is 0 Å². The molecule has 1 aromatic carbocycles. The van der Waals surface area contributed by atoms with Crippen molar-refractivity contribution in [3.8, 4) is 11.8 Å². The summed E-state index contributed by atoms with van der Waals surface area (Å²) in [6.45, 7) is 1.81. The van der Waals surface area contributed by atoms with Crippen LogP contribution in [0.5, 0.6) is 0 Å². The van der Waals surface area contributed by atoms with Crippen LogP contribution >= 0.6 is 0 Å². The van der Waals surface area contributed by atoms with E-state index in [1.165, 1.54) is 12.8 Å². The van der Waals surface area contributed by atoms with Gasteiger partial charge in [0, 0.05) is 23.9 Å². The van der Waals surface area contributed by atoms with E-state index in [9.17, 15) is 4.79 Å². The molecule has 0 aliphatic heterocycles. The standard InChI is InChI=1S/C19H18N6O/c1-12(19(26)21-18-10-17(22-23-18)14-5-6-14)16-7-8-25(24-16)15-4-2-3-13(9-15)11-20/h2-4,7-10,12,14H,5-6H2,1H3,(H2,21,22,23,26)/t12-/m1/s1. The van der Waals surface area contributed by atoms with Gasteiger partial charge in [0.1, 0.15) is 0 Å². The van der Waals surface area contributed by atoms with Gasteiger partial charge < -0.3 is 5.32 Å². The van der Waals surface area contributed by atoms with Crippen molar-refractivity contribution in [3.63, 3.8) is 0 Å². The molecule has 1 aliphatic carbocycles. The summed E-state index contributed by atoms with van der Waals surface area (Å²) >= 11 is 0. The number of aromatic amines is 1. The largest absolute Gasteiger partial charge is 0.309 e. The molecule has 1 amide bonds. The maximum atomic E-state index is 12.5. The number of nitrogens with one attached hydrogen (secondary N) is 2. The van der Waals surface area contributed by atoms with Gasteiger partial charge in [0.2, 0.25) is 5.91 Å². The third-order valence-electron chi connectivity index (χ3n) is 4.55. The normalized spacial score (nSPS) is 14.6. The Balaban J connectivity index is 1.47. The van der Waals surface area contributed by atoms with Gasteiger partial charge in [-0.3, -0.25) is 9.89 Å². The number of benzene rings is 1. The molecule has 4 rings (SSSR count). The molecule has 2 heterocycles. The molecule has 2 aromatic heterocycles. The van der Waals surface area contributed by atoms with Crippen LogP contribution < -0.4 is 5.32 Å². The van der Waals surface area contributed by atoms with Crippen LogP contribution in [0, 0.1) is 11.3 Å². The van der Waals surface area contributed by atoms with Gasteiger partial charge in [-0.05, 0) is 44.0 Å². The molecule has 0 spiro atoms. The monoisotopic (exact) mass is 346 g/mol. The fourth-order valence-corrected chi connectivity index (χ4v) is 2.80. The van der Waals surface area contributed by atoms with E-state index < -0.39 is 5.92 Å². The molecule has 1 fully saturated rings. The average Bonchev–Trinajstić information content (AvgIpc) is 3.21. The Morgan fingerprint density at radius 3 is 3.00 bits per heavy atom. The quantitative estimate of drug-likeness (QED) is 0.741. The molecule has 0 unspecified atom stereocenters. The summed E-state index contributed by atoms with van der Waals surface area (Å²) in [5.41, 5.74) is 3.08. The van der Waals surface area contributed by atoms with Gasteiger partial charge in [0.15, 0.2) is 5.82 Å². The van der Waals surface area contributed by atoms with Crippen molar-refractivity contribution in [1.82, 2.24) is 20.0 Å². The number of anilines is 1. The number of amides is 1. The summed E-state index contributed by atoms with van der Waals surface area (Å²) in [5.74, 6) is 0.529. The van der Waals surface area contributed by atoms with Crippen molar-refractivity contribution >= 4 is 11.7 Å². The third kappa shape index (κ3) is 3.22. The van der Waals surface area contributed by atoms with Gasteiger partial charge in [-0.25, -0.2) is 4.68 Å². The molecule has 3 aromatic rings. The fourth-order valence-electron chi connectivity index (χ4n) is 2.80. The topological polar surface area (TPSA) is 99.4 Å². The van der Waals surface area contributed by atoms with Gasteiger partial charge in [-0.2, -0.15) is 15.5 Å². The average molecular weight is 346 g/mol. The highest BCUT2D eigenvalue weighted by Gasteiger charge is 2.26. The maximum Gasteiger partial charge on any atom is 0.234 e. The number of hydrogen-bond donors (Lipinski definition) is 2. The van der Waals surface area contributed by atoms with Crippen LogP contribution in [0.25, 0.3) is 5.69 Å². The zero-order valence-corrected chi connectivity index (χ0v) is 14.3. The van der Waals surface area contributed by atoms with Gasteiger partial charge >= 0.3 is 0 Å². The molecular formula is C19H18N6O. The van der Waals surface area contributed by atoms with Crippen LogP contribution in [0.2, 0.25) is 0 Å². The molecule has 0 bridgehead atoms. The van der Waals surface area contributed by atoms with Crippen LogP contribution in [-0.2, 0) is 4.79 Å². The van der Waals surface area contributed by atoms with Crippen molar-refractivity contribution in [2.75, 3.05) is 5.32 Å². The second-order valence-electron chi connectivity index (χ2n) is 6.54. The highest BCUT2D eigenvalue weighted by molar-refractivity contribution is 5.94. The molecule has 130 valence electrons. The molecule has 7 nitrogen and oxygen atoms in total. The lowest BCUT2D eigenvalue weighted by molar-refractivity contribution is -0.117. The van der Waals surface area contributed by atoms with Crippen LogP contribution in [0.3, 0.4) is 0 Å². The van der Waals surface area contributed by atoms with Gasteiger partial charge in [0.25, 0.3) is 0 Å². The molecule has 1 saturated carbocycles. The SMILES string of the molecule is C[C@@H](C(=O)Nc1cc(C2CC2)[nH]n1)c1ccn(-c2cccc(C#N)c2)n1. The summed E-state index contributed by atoms with van der Waals surface area (Å²) in [4.78, 5) is 12.5. The Morgan fingerprint density at radius 1 is 1.38 bits per heavy atom. The van der Waals surface area contributed by atoms with Crippen LogP contribution in [-0.4, -0.2) is 25.9 Å². The summed E-state index contributed by atoms with van der Waals surface area (Å²) in [6, 6.07) is 13.0. The van der Waals surface area contributed by atoms with Crippen molar-refractivity contribution < 1.29 is 4.79 Å². The first-order chi connectivity index (χ1) is 12.6. The van der Waals surface area contributed by atoms with Crippen LogP contribution in [0.15, 0.2) is 42.6 Å². The summed E-state index contributed by atoms with van der Waals surface area (Å²) in [7, 11) is 0. The Labute approximate surface area is 150 Å². The smallest absolute Gasteiger partial charge is 0.234 e. The van der Waals surface area contributed by atoms with Crippen molar-refractivity contribution in [2.45, 2.75) is 31.6 Å². The minimum absolute atomic E-state index is 0.158. The Bertz CT molecular complexity index is 991. The maximum absolute atomic E-state index is 12.5. The summed E-state index contributed by atoms with van der Waals surface area (Å²) < 4.78 is 1.67. The predicted molar refractivity (Wildman–Crippen MR) is 95.9 cm³/mol. The van der Waals surface area contributed by atoms with E-state index in [1.54, 1.807) is 29.1 Å². The van der Waals surface area contributed by atoms with Gasteiger partial charge in [-0.1, -0.05) is 6.07 Å². The first-order valence-electron chi connectivity index (χ1n) is 8.56. The molecule has 0 radical (unpaired) electrons. The van der Waals surface area contributed by atoms with E-state index in [4.69, 9.17) is 5.26 Å². The second-order valence-corrected chi connectivity index (χ2v) is 6.54. The number of H-pyrrole nitrogens is 1. The van der Waals surface area contributed by atoms with Gasteiger partial charge in [0.05, 0.1) is 28.9 Å². The number of aromatic nitrogens is 4. The van der Waals surface area contributed by atoms with Crippen molar-refractivity contribution in [3.05, 3.63) is 59.5 Å². The lowest BCUT2D eigenvalue weighted by Gasteiger charge is -2.08. The molecule has 1 aliphatic rings. The number of carbonyl (C=O) groups excluding carboxylic acids is 1. The van der Waals surface area contributed by atoms with E-state index in [2.05, 4.69) is 26.7 Å². The van der Waals surface area contributed by atoms with E-state index in [1.807, 2.05) is 25.1 Å². The Kier molecular flexibility index (Phi) is 4.01. The predicted octanol–water partition coefficient (Wildman–Crippen LogP) is 3.09. The second kappa shape index (κ2) is 6.48. The first kappa shape index (κ1) is 16.1. The molecule has 1 atom stereocenters. The summed E-state index contributed by atoms with van der Waals surface area (Å²) in [6.07, 6.45) is 4.14. The number of nitrogens with zero attached hydrogens (tertiary/aromatic N) is 4. The van der Waals surface area contributed by atoms with Crippen molar-refractivity contribution in [2.24, 2.45) is 0 Å². The summed E-state index contributed by atoms with van der Waals surface area (Å²) in [5, 5.41) is 23.5. The molecule has 26 heavy (non-hydrogen) atoms. The lowest BCUT2D eigenvalue weighted by Crippen LogP contribution is -2.19.